The molecule has 5 heteroatoms. The van der Waals surface area contributed by atoms with Crippen molar-refractivity contribution < 1.29 is 4.79 Å². The summed E-state index contributed by atoms with van der Waals surface area (Å²) in [5.41, 5.74) is 7.16. The number of carbonyl (C=O) groups is 1. The van der Waals surface area contributed by atoms with Crippen molar-refractivity contribution in [1.82, 2.24) is 9.80 Å². The smallest absolute Gasteiger partial charge is 0.255 e. The van der Waals surface area contributed by atoms with Crippen molar-refractivity contribution in [2.75, 3.05) is 32.4 Å². The monoisotopic (exact) mass is 309 g/mol. The van der Waals surface area contributed by atoms with Crippen molar-refractivity contribution in [2.45, 2.75) is 25.3 Å². The van der Waals surface area contributed by atoms with E-state index >= 15 is 0 Å². The minimum absolute atomic E-state index is 0. The highest BCUT2D eigenvalue weighted by molar-refractivity contribution is 5.99. The lowest BCUT2D eigenvalue weighted by Gasteiger charge is -2.46. The molecule has 0 radical (unpaired) electrons. The summed E-state index contributed by atoms with van der Waals surface area (Å²) in [4.78, 5) is 17.1. The molecule has 2 atom stereocenters. The predicted molar refractivity (Wildman–Crippen MR) is 87.8 cm³/mol. The zero-order valence-electron chi connectivity index (χ0n) is 12.5. The standard InChI is InChI=1S/C16H23N3O.ClH/c1-18-9-4-5-12-11-19(10-8-15(12)18)16(20)13-6-2-3-7-14(13)17;/h2-3,6-7,12,15H,4-5,8-11,17H2,1H3;1H. The summed E-state index contributed by atoms with van der Waals surface area (Å²) in [5.74, 6) is 0.714. The fourth-order valence-corrected chi connectivity index (χ4v) is 3.70. The number of hydrogen-bond donors (Lipinski definition) is 1. The Bertz CT molecular complexity index is 508. The third kappa shape index (κ3) is 3.16. The molecule has 2 aliphatic rings. The van der Waals surface area contributed by atoms with Crippen molar-refractivity contribution in [2.24, 2.45) is 5.92 Å². The fraction of sp³-hybridized carbons (Fsp3) is 0.562. The summed E-state index contributed by atoms with van der Waals surface area (Å²) in [7, 11) is 2.21. The largest absolute Gasteiger partial charge is 0.398 e. The summed E-state index contributed by atoms with van der Waals surface area (Å²) < 4.78 is 0. The average molecular weight is 310 g/mol. The van der Waals surface area contributed by atoms with E-state index in [0.717, 1.165) is 19.5 Å². The molecule has 2 heterocycles. The van der Waals surface area contributed by atoms with Gasteiger partial charge in [0.15, 0.2) is 0 Å². The van der Waals surface area contributed by atoms with Gasteiger partial charge < -0.3 is 15.5 Å². The third-order valence-corrected chi connectivity index (χ3v) is 4.82. The summed E-state index contributed by atoms with van der Waals surface area (Å²) >= 11 is 0. The number of fused-ring (bicyclic) bond motifs is 1. The topological polar surface area (TPSA) is 49.6 Å². The van der Waals surface area contributed by atoms with Crippen molar-refractivity contribution in [3.05, 3.63) is 29.8 Å². The van der Waals surface area contributed by atoms with Gasteiger partial charge in [-0.25, -0.2) is 0 Å². The molecule has 1 aromatic rings. The minimum Gasteiger partial charge on any atom is -0.398 e. The number of nitrogens with two attached hydrogens (primary N) is 1. The number of anilines is 1. The number of rotatable bonds is 1. The van der Waals surface area contributed by atoms with Crippen LogP contribution in [0.5, 0.6) is 0 Å². The van der Waals surface area contributed by atoms with Crippen LogP contribution in [0, 0.1) is 5.92 Å². The van der Waals surface area contributed by atoms with Crippen LogP contribution in [-0.2, 0) is 0 Å². The quantitative estimate of drug-likeness (QED) is 0.810. The summed E-state index contributed by atoms with van der Waals surface area (Å²) in [6, 6.07) is 8.03. The number of benzene rings is 1. The Morgan fingerprint density at radius 2 is 2.00 bits per heavy atom. The number of para-hydroxylation sites is 1. The van der Waals surface area contributed by atoms with Crippen LogP contribution in [0.3, 0.4) is 0 Å². The molecule has 1 aromatic carbocycles. The van der Waals surface area contributed by atoms with Gasteiger partial charge in [-0.3, -0.25) is 4.79 Å². The molecule has 0 aliphatic carbocycles. The molecule has 0 spiro atoms. The van der Waals surface area contributed by atoms with E-state index in [1.54, 1.807) is 6.07 Å². The van der Waals surface area contributed by atoms with Gasteiger partial charge in [-0.1, -0.05) is 12.1 Å². The molecule has 0 bridgehead atoms. The van der Waals surface area contributed by atoms with Crippen LogP contribution in [0.2, 0.25) is 0 Å². The van der Waals surface area contributed by atoms with E-state index in [9.17, 15) is 4.79 Å². The molecule has 0 aromatic heterocycles. The number of piperidine rings is 2. The highest BCUT2D eigenvalue weighted by Crippen LogP contribution is 2.30. The first-order valence-electron chi connectivity index (χ1n) is 7.51. The molecule has 2 aliphatic heterocycles. The van der Waals surface area contributed by atoms with Crippen LogP contribution >= 0.6 is 12.4 Å². The number of nitrogen functional groups attached to an aromatic ring is 1. The zero-order chi connectivity index (χ0) is 14.1. The second kappa shape index (κ2) is 6.67. The molecule has 2 fully saturated rings. The molecular weight excluding hydrogens is 286 g/mol. The van der Waals surface area contributed by atoms with Crippen LogP contribution in [0.1, 0.15) is 29.6 Å². The number of hydrogen-bond acceptors (Lipinski definition) is 3. The Morgan fingerprint density at radius 3 is 2.76 bits per heavy atom. The van der Waals surface area contributed by atoms with E-state index in [0.29, 0.717) is 23.2 Å². The molecule has 116 valence electrons. The van der Waals surface area contributed by atoms with Crippen LogP contribution in [-0.4, -0.2) is 48.4 Å². The maximum Gasteiger partial charge on any atom is 0.255 e. The van der Waals surface area contributed by atoms with Crippen LogP contribution in [0.15, 0.2) is 24.3 Å². The number of carbonyl (C=O) groups excluding carboxylic acids is 1. The van der Waals surface area contributed by atoms with Crippen molar-refractivity contribution in [1.29, 1.82) is 0 Å². The van der Waals surface area contributed by atoms with E-state index in [1.165, 1.54) is 19.4 Å². The van der Waals surface area contributed by atoms with Gasteiger partial charge in [0.05, 0.1) is 5.56 Å². The van der Waals surface area contributed by atoms with Crippen molar-refractivity contribution >= 4 is 24.0 Å². The summed E-state index contributed by atoms with van der Waals surface area (Å²) in [5, 5.41) is 0. The van der Waals surface area contributed by atoms with Gasteiger partial charge in [-0.05, 0) is 50.9 Å². The lowest BCUT2D eigenvalue weighted by Crippen LogP contribution is -2.53. The molecule has 2 N–H and O–H groups in total. The van der Waals surface area contributed by atoms with Gasteiger partial charge in [0, 0.05) is 24.8 Å². The normalized spacial score (nSPS) is 25.9. The summed E-state index contributed by atoms with van der Waals surface area (Å²) in [6.07, 6.45) is 3.57. The van der Waals surface area contributed by atoms with Gasteiger partial charge in [0.2, 0.25) is 0 Å². The van der Waals surface area contributed by atoms with E-state index < -0.39 is 0 Å². The fourth-order valence-electron chi connectivity index (χ4n) is 3.70. The van der Waals surface area contributed by atoms with Gasteiger partial charge in [0.25, 0.3) is 5.91 Å². The maximum absolute atomic E-state index is 12.6. The van der Waals surface area contributed by atoms with Crippen LogP contribution in [0.25, 0.3) is 0 Å². The lowest BCUT2D eigenvalue weighted by atomic mass is 9.84. The van der Waals surface area contributed by atoms with Crippen molar-refractivity contribution in [3.8, 4) is 0 Å². The summed E-state index contributed by atoms with van der Waals surface area (Å²) in [6.45, 7) is 2.92. The number of likely N-dealkylation sites (tertiary alicyclic amines) is 2. The van der Waals surface area contributed by atoms with Gasteiger partial charge in [-0.2, -0.15) is 0 Å². The number of halogens is 1. The molecule has 4 nitrogen and oxygen atoms in total. The Hall–Kier alpha value is -1.26. The van der Waals surface area contributed by atoms with Gasteiger partial charge in [0.1, 0.15) is 0 Å². The molecule has 21 heavy (non-hydrogen) atoms. The first kappa shape index (κ1) is 16.1. The highest BCUT2D eigenvalue weighted by atomic mass is 35.5. The first-order chi connectivity index (χ1) is 9.66. The van der Waals surface area contributed by atoms with Crippen LogP contribution < -0.4 is 5.73 Å². The minimum atomic E-state index is 0. The molecule has 0 saturated carbocycles. The van der Waals surface area contributed by atoms with E-state index in [2.05, 4.69) is 11.9 Å². The van der Waals surface area contributed by atoms with Gasteiger partial charge >= 0.3 is 0 Å². The molecule has 2 saturated heterocycles. The SMILES string of the molecule is CN1CCCC2CN(C(=O)c3ccccc3N)CCC21.Cl. The Balaban J connectivity index is 0.00000161. The second-order valence-electron chi connectivity index (χ2n) is 6.08. The van der Waals surface area contributed by atoms with E-state index in [-0.39, 0.29) is 18.3 Å². The first-order valence-corrected chi connectivity index (χ1v) is 7.51. The maximum atomic E-state index is 12.6. The third-order valence-electron chi connectivity index (χ3n) is 4.82. The number of amides is 1. The molecule has 3 rings (SSSR count). The van der Waals surface area contributed by atoms with Gasteiger partial charge in [-0.15, -0.1) is 12.4 Å². The molecular formula is C16H24ClN3O. The number of nitrogens with zero attached hydrogens (tertiary/aromatic N) is 2. The van der Waals surface area contributed by atoms with E-state index in [1.807, 2.05) is 23.1 Å². The zero-order valence-corrected chi connectivity index (χ0v) is 13.3. The molecule has 2 unspecified atom stereocenters. The predicted octanol–water partition coefficient (Wildman–Crippen LogP) is 2.25. The average Bonchev–Trinajstić information content (AvgIpc) is 2.47. The highest BCUT2D eigenvalue weighted by Gasteiger charge is 2.36. The Morgan fingerprint density at radius 1 is 1.24 bits per heavy atom. The Kier molecular flexibility index (Phi) is 5.12. The lowest BCUT2D eigenvalue weighted by molar-refractivity contribution is 0.0317. The van der Waals surface area contributed by atoms with Crippen molar-refractivity contribution in [3.63, 3.8) is 0 Å². The second-order valence-corrected chi connectivity index (χ2v) is 6.08. The Labute approximate surface area is 132 Å². The molecule has 1 amide bonds. The van der Waals surface area contributed by atoms with E-state index in [4.69, 9.17) is 5.73 Å². The van der Waals surface area contributed by atoms with Crippen LogP contribution in [0.4, 0.5) is 5.69 Å².